The fraction of sp³-hybridized carbons (Fsp3) is 0.143. The molecule has 2 aromatic rings. The van der Waals surface area contributed by atoms with Gasteiger partial charge in [0.1, 0.15) is 6.07 Å². The number of benzene rings is 1. The molecule has 2 rings (SSSR count). The quantitative estimate of drug-likeness (QED) is 0.847. The molecule has 0 bridgehead atoms. The molecule has 0 atom stereocenters. The van der Waals surface area contributed by atoms with Crippen molar-refractivity contribution in [1.82, 2.24) is 4.57 Å². The van der Waals surface area contributed by atoms with Crippen LogP contribution < -0.4 is 5.73 Å². The van der Waals surface area contributed by atoms with Gasteiger partial charge in [-0.05, 0) is 12.1 Å². The van der Waals surface area contributed by atoms with Gasteiger partial charge >= 0.3 is 12.1 Å². The van der Waals surface area contributed by atoms with Crippen LogP contribution in [0.4, 0.5) is 18.9 Å². The number of nitriles is 1. The first-order valence-corrected chi connectivity index (χ1v) is 6.45. The molecule has 0 amide bonds. The highest BCUT2D eigenvalue weighted by Gasteiger charge is 2.34. The van der Waals surface area contributed by atoms with Crippen LogP contribution >= 0.6 is 11.6 Å². The van der Waals surface area contributed by atoms with E-state index in [1.165, 1.54) is 6.07 Å². The van der Waals surface area contributed by atoms with Crippen molar-refractivity contribution in [3.63, 3.8) is 0 Å². The minimum atomic E-state index is -4.67. The summed E-state index contributed by atoms with van der Waals surface area (Å²) in [6.07, 6.45) is -3.54. The number of anilines is 1. The van der Waals surface area contributed by atoms with Crippen molar-refractivity contribution >= 4 is 23.3 Å². The number of aromatic nitrogens is 1. The number of nitrogens with two attached hydrogens (primary N) is 1. The number of esters is 1. The molecule has 1 heterocycles. The van der Waals surface area contributed by atoms with E-state index in [0.717, 1.165) is 30.0 Å². The number of halogens is 4. The zero-order valence-electron chi connectivity index (χ0n) is 11.6. The maximum absolute atomic E-state index is 13.0. The van der Waals surface area contributed by atoms with E-state index in [4.69, 9.17) is 22.6 Å². The summed E-state index contributed by atoms with van der Waals surface area (Å²) in [4.78, 5) is 11.9. The smallest absolute Gasteiger partial charge is 0.417 e. The van der Waals surface area contributed by atoms with E-state index in [1.807, 2.05) is 0 Å². The van der Waals surface area contributed by atoms with Gasteiger partial charge in [-0.3, -0.25) is 0 Å². The van der Waals surface area contributed by atoms with Crippen molar-refractivity contribution in [2.45, 2.75) is 6.18 Å². The Bertz CT molecular complexity index is 822. The normalized spacial score (nSPS) is 11.1. The third kappa shape index (κ3) is 2.83. The first-order chi connectivity index (χ1) is 10.7. The van der Waals surface area contributed by atoms with E-state index in [1.54, 1.807) is 6.07 Å². The van der Waals surface area contributed by atoms with E-state index in [-0.39, 0.29) is 22.6 Å². The summed E-state index contributed by atoms with van der Waals surface area (Å²) in [5.41, 5.74) is 3.92. The Morgan fingerprint density at radius 3 is 2.61 bits per heavy atom. The Hall–Kier alpha value is -2.66. The van der Waals surface area contributed by atoms with Crippen molar-refractivity contribution in [2.75, 3.05) is 12.8 Å². The Morgan fingerprint density at radius 2 is 2.09 bits per heavy atom. The maximum Gasteiger partial charge on any atom is 0.417 e. The van der Waals surface area contributed by atoms with Crippen molar-refractivity contribution in [2.24, 2.45) is 0 Å². The molecule has 5 nitrogen and oxygen atoms in total. The molecule has 0 aliphatic heterocycles. The molecule has 1 aromatic carbocycles. The van der Waals surface area contributed by atoms with E-state index in [0.29, 0.717) is 0 Å². The van der Waals surface area contributed by atoms with Crippen LogP contribution in [-0.2, 0) is 10.9 Å². The standard InChI is InChI=1S/C14H9ClF3N3O2/c1-23-13(22)12-11(20)7(5-19)6-21(12)9-4-2-3-8(10(9)15)14(16,17)18/h2-4,6H,20H2,1H3. The number of nitrogen functional groups attached to an aromatic ring is 1. The highest BCUT2D eigenvalue weighted by atomic mass is 35.5. The van der Waals surface area contributed by atoms with Crippen LogP contribution in [0.5, 0.6) is 0 Å². The zero-order chi connectivity index (χ0) is 17.4. The molecule has 2 N–H and O–H groups in total. The lowest BCUT2D eigenvalue weighted by Gasteiger charge is -2.14. The molecular weight excluding hydrogens is 335 g/mol. The number of carbonyl (C=O) groups excluding carboxylic acids is 1. The molecule has 0 unspecified atom stereocenters. The number of rotatable bonds is 2. The monoisotopic (exact) mass is 343 g/mol. The van der Waals surface area contributed by atoms with Gasteiger partial charge in [-0.1, -0.05) is 17.7 Å². The highest BCUT2D eigenvalue weighted by Crippen LogP contribution is 2.38. The highest BCUT2D eigenvalue weighted by molar-refractivity contribution is 6.33. The van der Waals surface area contributed by atoms with Crippen molar-refractivity contribution < 1.29 is 22.7 Å². The summed E-state index contributed by atoms with van der Waals surface area (Å²) in [7, 11) is 1.08. The predicted octanol–water partition coefficient (Wildman–Crippen LogP) is 3.39. The van der Waals surface area contributed by atoms with Crippen molar-refractivity contribution in [3.05, 3.63) is 46.2 Å². The van der Waals surface area contributed by atoms with Crippen LogP contribution in [0.25, 0.3) is 5.69 Å². The van der Waals surface area contributed by atoms with E-state index >= 15 is 0 Å². The van der Waals surface area contributed by atoms with Crippen molar-refractivity contribution in [3.8, 4) is 11.8 Å². The van der Waals surface area contributed by atoms with Gasteiger partial charge in [-0.15, -0.1) is 0 Å². The maximum atomic E-state index is 13.0. The minimum Gasteiger partial charge on any atom is -0.464 e. The van der Waals surface area contributed by atoms with E-state index in [2.05, 4.69) is 4.74 Å². The van der Waals surface area contributed by atoms with Crippen molar-refractivity contribution in [1.29, 1.82) is 5.26 Å². The molecule has 0 aliphatic carbocycles. The van der Waals surface area contributed by atoms with Crippen LogP contribution in [0.1, 0.15) is 21.6 Å². The second-order valence-corrected chi connectivity index (χ2v) is 4.79. The van der Waals surface area contributed by atoms with Crippen LogP contribution in [0.15, 0.2) is 24.4 Å². The van der Waals surface area contributed by atoms with Gasteiger partial charge in [0, 0.05) is 6.20 Å². The number of ether oxygens (including phenoxy) is 1. The summed E-state index contributed by atoms with van der Waals surface area (Å²) in [5, 5.41) is 8.38. The molecule has 0 fully saturated rings. The average Bonchev–Trinajstić information content (AvgIpc) is 2.82. The summed E-state index contributed by atoms with van der Waals surface area (Å²) >= 11 is 5.84. The predicted molar refractivity (Wildman–Crippen MR) is 76.2 cm³/mol. The first-order valence-electron chi connectivity index (χ1n) is 6.07. The Kier molecular flexibility index (Phi) is 4.25. The molecule has 0 radical (unpaired) electrons. The molecule has 0 saturated carbocycles. The number of alkyl halides is 3. The number of carbonyl (C=O) groups is 1. The van der Waals surface area contributed by atoms with Crippen LogP contribution in [0.3, 0.4) is 0 Å². The van der Waals surface area contributed by atoms with Gasteiger partial charge in [0.15, 0.2) is 5.69 Å². The van der Waals surface area contributed by atoms with Crippen LogP contribution in [-0.4, -0.2) is 17.6 Å². The SMILES string of the molecule is COC(=O)c1c(N)c(C#N)cn1-c1cccc(C(F)(F)F)c1Cl. The lowest BCUT2D eigenvalue weighted by atomic mass is 10.2. The summed E-state index contributed by atoms with van der Waals surface area (Å²) in [5.74, 6) is -0.905. The van der Waals surface area contributed by atoms with Gasteiger partial charge in [-0.2, -0.15) is 18.4 Å². The van der Waals surface area contributed by atoms with Gasteiger partial charge in [0.2, 0.25) is 0 Å². The summed E-state index contributed by atoms with van der Waals surface area (Å²) in [6.45, 7) is 0. The van der Waals surface area contributed by atoms with Gasteiger partial charge in [-0.25, -0.2) is 4.79 Å². The van der Waals surface area contributed by atoms with E-state index in [9.17, 15) is 18.0 Å². The average molecular weight is 344 g/mol. The molecule has 1 aromatic heterocycles. The van der Waals surface area contributed by atoms with Gasteiger partial charge in [0.25, 0.3) is 0 Å². The molecule has 0 spiro atoms. The summed E-state index contributed by atoms with van der Waals surface area (Å²) < 4.78 is 44.4. The second-order valence-electron chi connectivity index (χ2n) is 4.41. The fourth-order valence-electron chi connectivity index (χ4n) is 2.03. The molecule has 0 aliphatic rings. The molecule has 0 saturated heterocycles. The fourth-order valence-corrected chi connectivity index (χ4v) is 2.35. The topological polar surface area (TPSA) is 81.0 Å². The lowest BCUT2D eigenvalue weighted by molar-refractivity contribution is -0.137. The second kappa shape index (κ2) is 5.85. The number of hydrogen-bond acceptors (Lipinski definition) is 4. The Labute approximate surface area is 133 Å². The van der Waals surface area contributed by atoms with Crippen LogP contribution in [0, 0.1) is 11.3 Å². The lowest BCUT2D eigenvalue weighted by Crippen LogP contribution is -2.13. The van der Waals surface area contributed by atoms with Gasteiger partial charge in [0.05, 0.1) is 34.6 Å². The van der Waals surface area contributed by atoms with Gasteiger partial charge < -0.3 is 15.0 Å². The van der Waals surface area contributed by atoms with E-state index < -0.39 is 22.7 Å². The third-order valence-electron chi connectivity index (χ3n) is 3.09. The molecule has 120 valence electrons. The third-order valence-corrected chi connectivity index (χ3v) is 3.48. The number of hydrogen-bond donors (Lipinski definition) is 1. The first kappa shape index (κ1) is 16.7. The summed E-state index contributed by atoms with van der Waals surface area (Å²) in [6, 6.07) is 4.96. The zero-order valence-corrected chi connectivity index (χ0v) is 12.4. The molecular formula is C14H9ClF3N3O2. The number of methoxy groups -OCH3 is 1. The number of nitrogens with zero attached hydrogens (tertiary/aromatic N) is 2. The molecule has 9 heteroatoms. The molecule has 23 heavy (non-hydrogen) atoms. The van der Waals surface area contributed by atoms with Crippen LogP contribution in [0.2, 0.25) is 5.02 Å². The Balaban J connectivity index is 2.78. The Morgan fingerprint density at radius 1 is 1.43 bits per heavy atom. The largest absolute Gasteiger partial charge is 0.464 e. The minimum absolute atomic E-state index is 0.0844.